The fourth-order valence-corrected chi connectivity index (χ4v) is 2.12. The molecule has 0 spiro atoms. The van der Waals surface area contributed by atoms with E-state index in [2.05, 4.69) is 6.07 Å². The van der Waals surface area contributed by atoms with Crippen LogP contribution >= 0.6 is 0 Å². The summed E-state index contributed by atoms with van der Waals surface area (Å²) in [6, 6.07) is 19.7. The predicted molar refractivity (Wildman–Crippen MR) is 82.5 cm³/mol. The Kier molecular flexibility index (Phi) is 5.66. The maximum atomic E-state index is 9.29. The van der Waals surface area contributed by atoms with Crippen molar-refractivity contribution in [2.45, 2.75) is 19.3 Å². The zero-order valence-electron chi connectivity index (χ0n) is 12.2. The van der Waals surface area contributed by atoms with E-state index in [1.54, 1.807) is 0 Å². The third kappa shape index (κ3) is 4.25. The molecular formula is C18H19NO2. The zero-order chi connectivity index (χ0) is 14.9. The minimum Gasteiger partial charge on any atom is -0.490 e. The van der Waals surface area contributed by atoms with Crippen LogP contribution in [-0.2, 0) is 0 Å². The van der Waals surface area contributed by atoms with Crippen molar-refractivity contribution in [3.63, 3.8) is 0 Å². The highest BCUT2D eigenvalue weighted by Gasteiger charge is 2.11. The minimum absolute atomic E-state index is 0.148. The third-order valence-electron chi connectivity index (χ3n) is 3.17. The molecular weight excluding hydrogens is 262 g/mol. The molecule has 0 saturated carbocycles. The Hall–Kier alpha value is -2.47. The lowest BCUT2D eigenvalue weighted by atomic mass is 9.98. The molecule has 0 heterocycles. The highest BCUT2D eigenvalue weighted by atomic mass is 16.5. The summed E-state index contributed by atoms with van der Waals surface area (Å²) in [5.41, 5.74) is 1.03. The van der Waals surface area contributed by atoms with Gasteiger partial charge in [-0.2, -0.15) is 5.26 Å². The monoisotopic (exact) mass is 281 g/mol. The van der Waals surface area contributed by atoms with Crippen LogP contribution in [0.3, 0.4) is 0 Å². The van der Waals surface area contributed by atoms with E-state index in [1.165, 1.54) is 0 Å². The SMILES string of the molecule is CCOc1ccccc1OCCC(C#N)c1ccccc1. The van der Waals surface area contributed by atoms with Gasteiger partial charge in [-0.1, -0.05) is 42.5 Å². The van der Waals surface area contributed by atoms with Crippen molar-refractivity contribution in [1.82, 2.24) is 0 Å². The van der Waals surface area contributed by atoms with Gasteiger partial charge >= 0.3 is 0 Å². The van der Waals surface area contributed by atoms with Gasteiger partial charge < -0.3 is 9.47 Å². The molecule has 0 aliphatic rings. The molecule has 0 fully saturated rings. The number of nitrogens with zero attached hydrogens (tertiary/aromatic N) is 1. The second-order valence-electron chi connectivity index (χ2n) is 4.61. The van der Waals surface area contributed by atoms with E-state index in [1.807, 2.05) is 61.5 Å². The van der Waals surface area contributed by atoms with Crippen LogP contribution in [0.15, 0.2) is 54.6 Å². The molecule has 108 valence electrons. The Morgan fingerprint density at radius 3 is 2.19 bits per heavy atom. The van der Waals surface area contributed by atoms with E-state index in [4.69, 9.17) is 9.47 Å². The summed E-state index contributed by atoms with van der Waals surface area (Å²) in [4.78, 5) is 0. The van der Waals surface area contributed by atoms with Crippen LogP contribution in [0, 0.1) is 11.3 Å². The smallest absolute Gasteiger partial charge is 0.161 e. The fourth-order valence-electron chi connectivity index (χ4n) is 2.12. The van der Waals surface area contributed by atoms with Crippen molar-refractivity contribution in [3.05, 3.63) is 60.2 Å². The lowest BCUT2D eigenvalue weighted by Crippen LogP contribution is -2.05. The predicted octanol–water partition coefficient (Wildman–Crippen LogP) is 4.16. The lowest BCUT2D eigenvalue weighted by molar-refractivity contribution is 0.271. The largest absolute Gasteiger partial charge is 0.490 e. The van der Waals surface area contributed by atoms with Crippen molar-refractivity contribution in [2.24, 2.45) is 0 Å². The molecule has 3 heteroatoms. The van der Waals surface area contributed by atoms with Gasteiger partial charge in [0, 0.05) is 6.42 Å². The summed E-state index contributed by atoms with van der Waals surface area (Å²) < 4.78 is 11.3. The van der Waals surface area contributed by atoms with Crippen LogP contribution in [0.4, 0.5) is 0 Å². The van der Waals surface area contributed by atoms with Gasteiger partial charge in [-0.25, -0.2) is 0 Å². The second kappa shape index (κ2) is 7.96. The van der Waals surface area contributed by atoms with Crippen LogP contribution in [-0.4, -0.2) is 13.2 Å². The van der Waals surface area contributed by atoms with Gasteiger partial charge in [0.25, 0.3) is 0 Å². The molecule has 2 rings (SSSR count). The molecule has 3 nitrogen and oxygen atoms in total. The molecule has 1 unspecified atom stereocenters. The molecule has 0 bridgehead atoms. The van der Waals surface area contributed by atoms with Gasteiger partial charge in [-0.3, -0.25) is 0 Å². The molecule has 0 radical (unpaired) electrons. The van der Waals surface area contributed by atoms with Crippen molar-refractivity contribution < 1.29 is 9.47 Å². The van der Waals surface area contributed by atoms with E-state index in [0.29, 0.717) is 19.6 Å². The maximum absolute atomic E-state index is 9.29. The van der Waals surface area contributed by atoms with Crippen molar-refractivity contribution >= 4 is 0 Å². The summed E-state index contributed by atoms with van der Waals surface area (Å²) in [7, 11) is 0. The molecule has 0 aliphatic carbocycles. The van der Waals surface area contributed by atoms with Gasteiger partial charge in [-0.05, 0) is 24.6 Å². The van der Waals surface area contributed by atoms with Crippen molar-refractivity contribution in [2.75, 3.05) is 13.2 Å². The maximum Gasteiger partial charge on any atom is 0.161 e. The van der Waals surface area contributed by atoms with E-state index >= 15 is 0 Å². The molecule has 2 aromatic rings. The number of nitriles is 1. The number of benzene rings is 2. The van der Waals surface area contributed by atoms with Gasteiger partial charge in [0.2, 0.25) is 0 Å². The fraction of sp³-hybridized carbons (Fsp3) is 0.278. The summed E-state index contributed by atoms with van der Waals surface area (Å²) in [6.07, 6.45) is 0.654. The first-order chi connectivity index (χ1) is 10.3. The van der Waals surface area contributed by atoms with Crippen molar-refractivity contribution in [1.29, 1.82) is 5.26 Å². The highest BCUT2D eigenvalue weighted by molar-refractivity contribution is 5.39. The number of para-hydroxylation sites is 2. The first-order valence-corrected chi connectivity index (χ1v) is 7.14. The first-order valence-electron chi connectivity index (χ1n) is 7.14. The normalized spacial score (nSPS) is 11.4. The standard InChI is InChI=1S/C18H19NO2/c1-2-20-17-10-6-7-11-18(17)21-13-12-16(14-19)15-8-4-3-5-9-15/h3-11,16H,2,12-13H2,1H3. The zero-order valence-corrected chi connectivity index (χ0v) is 12.2. The molecule has 2 aromatic carbocycles. The minimum atomic E-state index is -0.148. The van der Waals surface area contributed by atoms with E-state index < -0.39 is 0 Å². The number of hydrogen-bond acceptors (Lipinski definition) is 3. The summed E-state index contributed by atoms with van der Waals surface area (Å²) in [5.74, 6) is 1.32. The summed E-state index contributed by atoms with van der Waals surface area (Å²) in [5, 5.41) is 9.29. The Morgan fingerprint density at radius 1 is 0.952 bits per heavy atom. The van der Waals surface area contributed by atoms with Crippen LogP contribution < -0.4 is 9.47 Å². The first kappa shape index (κ1) is 14.9. The molecule has 0 amide bonds. The second-order valence-corrected chi connectivity index (χ2v) is 4.61. The van der Waals surface area contributed by atoms with Gasteiger partial charge in [-0.15, -0.1) is 0 Å². The van der Waals surface area contributed by atoms with Crippen molar-refractivity contribution in [3.8, 4) is 17.6 Å². The molecule has 0 aliphatic heterocycles. The highest BCUT2D eigenvalue weighted by Crippen LogP contribution is 2.27. The van der Waals surface area contributed by atoms with Gasteiger partial charge in [0.05, 0.1) is 25.2 Å². The third-order valence-corrected chi connectivity index (χ3v) is 3.17. The quantitative estimate of drug-likeness (QED) is 0.765. The molecule has 0 N–H and O–H groups in total. The number of ether oxygens (including phenoxy) is 2. The van der Waals surface area contributed by atoms with Crippen LogP contribution in [0.1, 0.15) is 24.8 Å². The Bertz CT molecular complexity index is 590. The number of rotatable bonds is 7. The summed E-state index contributed by atoms with van der Waals surface area (Å²) >= 11 is 0. The van der Waals surface area contributed by atoms with E-state index in [9.17, 15) is 5.26 Å². The van der Waals surface area contributed by atoms with Gasteiger partial charge in [0.1, 0.15) is 0 Å². The topological polar surface area (TPSA) is 42.2 Å². The molecule has 0 saturated heterocycles. The lowest BCUT2D eigenvalue weighted by Gasteiger charge is -2.13. The van der Waals surface area contributed by atoms with Crippen LogP contribution in [0.2, 0.25) is 0 Å². The van der Waals surface area contributed by atoms with Crippen LogP contribution in [0.25, 0.3) is 0 Å². The number of hydrogen-bond donors (Lipinski definition) is 0. The molecule has 21 heavy (non-hydrogen) atoms. The Morgan fingerprint density at radius 2 is 1.57 bits per heavy atom. The average Bonchev–Trinajstić information content (AvgIpc) is 2.54. The van der Waals surface area contributed by atoms with Crippen LogP contribution in [0.5, 0.6) is 11.5 Å². The Balaban J connectivity index is 1.93. The van der Waals surface area contributed by atoms with E-state index in [-0.39, 0.29) is 5.92 Å². The Labute approximate surface area is 125 Å². The van der Waals surface area contributed by atoms with Gasteiger partial charge in [0.15, 0.2) is 11.5 Å². The molecule has 1 atom stereocenters. The van der Waals surface area contributed by atoms with E-state index in [0.717, 1.165) is 17.1 Å². The summed E-state index contributed by atoms with van der Waals surface area (Å²) in [6.45, 7) is 3.03. The molecule has 0 aromatic heterocycles. The average molecular weight is 281 g/mol.